The highest BCUT2D eigenvalue weighted by Crippen LogP contribution is 2.62. The topological polar surface area (TPSA) is 26.3 Å². The van der Waals surface area contributed by atoms with Crippen molar-refractivity contribution in [3.8, 4) is 22.6 Å². The summed E-state index contributed by atoms with van der Waals surface area (Å²) in [5.41, 5.74) is 6.42. The number of hydrogen-bond acceptors (Lipinski definition) is 2. The van der Waals surface area contributed by atoms with Crippen LogP contribution in [0, 0.1) is 0 Å². The predicted molar refractivity (Wildman–Crippen MR) is 163 cm³/mol. The van der Waals surface area contributed by atoms with Gasteiger partial charge in [0.25, 0.3) is 0 Å². The number of benzene rings is 6. The largest absolute Gasteiger partial charge is 0.456 e. The highest BCUT2D eigenvalue weighted by atomic mass is 31.2. The quantitative estimate of drug-likeness (QED) is 0.217. The zero-order valence-electron chi connectivity index (χ0n) is 21.7. The minimum absolute atomic E-state index is 0.592. The van der Waals surface area contributed by atoms with E-state index in [0.29, 0.717) is 5.75 Å². The van der Waals surface area contributed by atoms with Crippen LogP contribution >= 0.6 is 7.14 Å². The molecule has 0 unspecified atom stereocenters. The van der Waals surface area contributed by atoms with Crippen LogP contribution in [0.4, 0.5) is 0 Å². The van der Waals surface area contributed by atoms with Gasteiger partial charge in [0.2, 0.25) is 0 Å². The number of rotatable bonds is 3. The summed E-state index contributed by atoms with van der Waals surface area (Å²) < 4.78 is 22.5. The van der Waals surface area contributed by atoms with Gasteiger partial charge in [-0.25, -0.2) is 0 Å². The summed E-state index contributed by atoms with van der Waals surface area (Å²) in [5.74, 6) is 1.48. The van der Waals surface area contributed by atoms with Crippen molar-refractivity contribution in [2.45, 2.75) is 5.41 Å². The minimum atomic E-state index is -3.30. The van der Waals surface area contributed by atoms with Gasteiger partial charge in [-0.15, -0.1) is 0 Å². The van der Waals surface area contributed by atoms with Gasteiger partial charge in [0, 0.05) is 21.7 Å². The molecule has 3 heteroatoms. The molecule has 1 aliphatic carbocycles. The second-order valence-electron chi connectivity index (χ2n) is 10.4. The van der Waals surface area contributed by atoms with Gasteiger partial charge in [-0.05, 0) is 34.4 Å². The molecule has 40 heavy (non-hydrogen) atoms. The summed E-state index contributed by atoms with van der Waals surface area (Å²) in [6.45, 7) is 0. The molecule has 0 saturated carbocycles. The predicted octanol–water partition coefficient (Wildman–Crippen LogP) is 7.79. The Labute approximate surface area is 233 Å². The molecule has 0 aromatic heterocycles. The van der Waals surface area contributed by atoms with Gasteiger partial charge in [0.05, 0.1) is 10.7 Å². The van der Waals surface area contributed by atoms with E-state index >= 15 is 4.57 Å². The third-order valence-electron chi connectivity index (χ3n) is 8.43. The summed E-state index contributed by atoms with van der Waals surface area (Å²) in [6.07, 6.45) is 0. The average Bonchev–Trinajstić information content (AvgIpc) is 3.32. The molecule has 1 heterocycles. The Hall–Kier alpha value is -4.65. The van der Waals surface area contributed by atoms with E-state index in [1.165, 1.54) is 22.3 Å². The van der Waals surface area contributed by atoms with Gasteiger partial charge in [0.1, 0.15) is 11.5 Å². The van der Waals surface area contributed by atoms with Gasteiger partial charge in [-0.1, -0.05) is 140 Å². The molecule has 8 rings (SSSR count). The molecule has 0 fully saturated rings. The van der Waals surface area contributed by atoms with Crippen LogP contribution in [-0.4, -0.2) is 0 Å². The summed E-state index contributed by atoms with van der Waals surface area (Å²) in [7, 11) is -3.30. The van der Waals surface area contributed by atoms with Crippen molar-refractivity contribution in [2.24, 2.45) is 0 Å². The van der Waals surface area contributed by atoms with E-state index < -0.39 is 12.6 Å². The molecule has 6 aromatic rings. The molecule has 0 N–H and O–H groups in total. The summed E-state index contributed by atoms with van der Waals surface area (Å²) in [5, 5.41) is 2.30. The van der Waals surface area contributed by atoms with E-state index in [9.17, 15) is 0 Å². The first-order valence-electron chi connectivity index (χ1n) is 13.6. The zero-order valence-corrected chi connectivity index (χ0v) is 22.6. The monoisotopic (exact) mass is 532 g/mol. The Bertz CT molecular complexity index is 1870. The standard InChI is InChI=1S/C37H25O2P/c38-40(26-14-3-1-4-15-26,27-16-5-2-6-17-27)35-25-13-23-33-36(35)39-34-24-12-11-22-32(34)37(33)30-20-9-7-18-28(30)29-19-8-10-21-31(29)37/h1-25H. The van der Waals surface area contributed by atoms with Gasteiger partial charge in [-0.3, -0.25) is 0 Å². The van der Waals surface area contributed by atoms with Crippen LogP contribution in [0.3, 0.4) is 0 Å². The second kappa shape index (κ2) is 8.68. The first-order valence-corrected chi connectivity index (χ1v) is 15.3. The molecule has 2 nitrogen and oxygen atoms in total. The fourth-order valence-corrected chi connectivity index (χ4v) is 9.60. The summed E-state index contributed by atoms with van der Waals surface area (Å²) in [6, 6.07) is 51.5. The molecule has 190 valence electrons. The molecule has 1 spiro atoms. The average molecular weight is 533 g/mol. The van der Waals surface area contributed by atoms with Crippen molar-refractivity contribution in [3.05, 3.63) is 174 Å². The third-order valence-corrected chi connectivity index (χ3v) is 11.5. The van der Waals surface area contributed by atoms with E-state index in [1.807, 2.05) is 78.9 Å². The fraction of sp³-hybridized carbons (Fsp3) is 0.0270. The lowest BCUT2D eigenvalue weighted by molar-refractivity contribution is 0.439. The molecular formula is C37H25O2P. The first kappa shape index (κ1) is 23.3. The lowest BCUT2D eigenvalue weighted by Crippen LogP contribution is -2.35. The number of hydrogen-bond donors (Lipinski definition) is 0. The maximum Gasteiger partial charge on any atom is 0.174 e. The van der Waals surface area contributed by atoms with E-state index in [4.69, 9.17) is 4.74 Å². The maximum atomic E-state index is 15.6. The van der Waals surface area contributed by atoms with Gasteiger partial charge in [-0.2, -0.15) is 0 Å². The van der Waals surface area contributed by atoms with Crippen LogP contribution < -0.4 is 20.7 Å². The zero-order chi connectivity index (χ0) is 26.7. The molecule has 0 amide bonds. The van der Waals surface area contributed by atoms with E-state index in [1.54, 1.807) is 0 Å². The van der Waals surface area contributed by atoms with Crippen molar-refractivity contribution in [2.75, 3.05) is 0 Å². The molecule has 1 aliphatic heterocycles. The maximum absolute atomic E-state index is 15.6. The van der Waals surface area contributed by atoms with E-state index in [-0.39, 0.29) is 0 Å². The Balaban J connectivity index is 1.52. The lowest BCUT2D eigenvalue weighted by Gasteiger charge is -2.40. The van der Waals surface area contributed by atoms with Crippen LogP contribution in [0.25, 0.3) is 11.1 Å². The van der Waals surface area contributed by atoms with Crippen molar-refractivity contribution >= 4 is 23.1 Å². The van der Waals surface area contributed by atoms with Crippen LogP contribution in [0.15, 0.2) is 152 Å². The molecule has 6 aromatic carbocycles. The lowest BCUT2D eigenvalue weighted by atomic mass is 9.66. The molecule has 0 bridgehead atoms. The SMILES string of the molecule is O=P(c1ccccc1)(c1ccccc1)c1cccc2c1Oc1ccccc1C21c2ccccc2-c2ccccc21. The molecule has 0 atom stereocenters. The van der Waals surface area contributed by atoms with Gasteiger partial charge in [0.15, 0.2) is 7.14 Å². The van der Waals surface area contributed by atoms with Crippen molar-refractivity contribution in [1.29, 1.82) is 0 Å². The van der Waals surface area contributed by atoms with Gasteiger partial charge >= 0.3 is 0 Å². The van der Waals surface area contributed by atoms with E-state index in [2.05, 4.69) is 72.8 Å². The highest BCUT2D eigenvalue weighted by Gasteiger charge is 2.52. The summed E-state index contributed by atoms with van der Waals surface area (Å²) in [4.78, 5) is 0. The van der Waals surface area contributed by atoms with Crippen LogP contribution in [-0.2, 0) is 9.98 Å². The molecule has 2 aliphatic rings. The van der Waals surface area contributed by atoms with Crippen LogP contribution in [0.5, 0.6) is 11.5 Å². The van der Waals surface area contributed by atoms with Crippen LogP contribution in [0.1, 0.15) is 22.3 Å². The van der Waals surface area contributed by atoms with Crippen molar-refractivity contribution in [3.63, 3.8) is 0 Å². The first-order chi connectivity index (χ1) is 19.7. The number of fused-ring (bicyclic) bond motifs is 9. The van der Waals surface area contributed by atoms with Gasteiger partial charge < -0.3 is 9.30 Å². The molecule has 0 radical (unpaired) electrons. The highest BCUT2D eigenvalue weighted by molar-refractivity contribution is 7.85. The third kappa shape index (κ3) is 2.97. The van der Waals surface area contributed by atoms with Crippen LogP contribution in [0.2, 0.25) is 0 Å². The van der Waals surface area contributed by atoms with Crippen molar-refractivity contribution in [1.82, 2.24) is 0 Å². The number of para-hydroxylation sites is 2. The molecular weight excluding hydrogens is 507 g/mol. The smallest absolute Gasteiger partial charge is 0.174 e. The number of ether oxygens (including phenoxy) is 1. The fourth-order valence-electron chi connectivity index (χ4n) is 6.81. The normalized spacial score (nSPS) is 14.0. The molecule has 0 saturated heterocycles. The van der Waals surface area contributed by atoms with Crippen molar-refractivity contribution < 1.29 is 9.30 Å². The Morgan fingerprint density at radius 3 is 1.52 bits per heavy atom. The Kier molecular flexibility index (Phi) is 5.05. The Morgan fingerprint density at radius 2 is 0.925 bits per heavy atom. The van der Waals surface area contributed by atoms with E-state index in [0.717, 1.165) is 32.8 Å². The Morgan fingerprint density at radius 1 is 0.450 bits per heavy atom. The second-order valence-corrected chi connectivity index (χ2v) is 13.1. The minimum Gasteiger partial charge on any atom is -0.456 e. The summed E-state index contributed by atoms with van der Waals surface area (Å²) >= 11 is 0.